The van der Waals surface area contributed by atoms with Gasteiger partial charge in [-0.05, 0) is 53.3 Å². The number of benzene rings is 2. The summed E-state index contributed by atoms with van der Waals surface area (Å²) in [4.78, 5) is 0. The maximum atomic E-state index is 10.7. The zero-order chi connectivity index (χ0) is 21.5. The fourth-order valence-corrected chi connectivity index (χ4v) is 4.38. The number of aryl methyl sites for hydroxylation is 2. The molecule has 1 fully saturated rings. The molecule has 1 unspecified atom stereocenters. The van der Waals surface area contributed by atoms with Crippen LogP contribution in [0.4, 0.5) is 0 Å². The van der Waals surface area contributed by atoms with Crippen molar-refractivity contribution >= 4 is 0 Å². The summed E-state index contributed by atoms with van der Waals surface area (Å²) in [5.74, 6) is -1.06. The van der Waals surface area contributed by atoms with Crippen LogP contribution in [0, 0.1) is 0 Å². The van der Waals surface area contributed by atoms with Gasteiger partial charge in [-0.25, -0.2) is 0 Å². The van der Waals surface area contributed by atoms with Gasteiger partial charge in [0.2, 0.25) is 5.79 Å². The van der Waals surface area contributed by atoms with Crippen molar-refractivity contribution in [3.05, 3.63) is 64.2 Å². The number of rotatable bonds is 6. The minimum absolute atomic E-state index is 0.460. The van der Waals surface area contributed by atoms with Crippen LogP contribution >= 0.6 is 0 Å². The highest BCUT2D eigenvalue weighted by Gasteiger charge is 2.55. The first-order valence-corrected chi connectivity index (χ1v) is 10.1. The fourth-order valence-electron chi connectivity index (χ4n) is 4.38. The SMILES string of the molecule is COc1ccc(C2(OC)O[C@H](CO)[C@@H](O)[C@H](O)[C@H]2O)cc1Cc1ccc2c(c1)CC2. The largest absolute Gasteiger partial charge is 0.496 e. The van der Waals surface area contributed by atoms with Crippen molar-refractivity contribution in [3.63, 3.8) is 0 Å². The molecule has 7 heteroatoms. The van der Waals surface area contributed by atoms with Crippen LogP contribution in [0.25, 0.3) is 0 Å². The quantitative estimate of drug-likeness (QED) is 0.548. The van der Waals surface area contributed by atoms with Crippen molar-refractivity contribution in [2.75, 3.05) is 20.8 Å². The van der Waals surface area contributed by atoms with Crippen LogP contribution in [0.1, 0.15) is 27.8 Å². The lowest BCUT2D eigenvalue weighted by atomic mass is 9.85. The second kappa shape index (κ2) is 8.26. The molecule has 5 atom stereocenters. The maximum absolute atomic E-state index is 10.7. The van der Waals surface area contributed by atoms with Crippen LogP contribution in [-0.4, -0.2) is 65.7 Å². The second-order valence-corrected chi connectivity index (χ2v) is 7.94. The van der Waals surface area contributed by atoms with E-state index in [0.29, 0.717) is 17.7 Å². The highest BCUT2D eigenvalue weighted by Crippen LogP contribution is 2.41. The normalized spacial score (nSPS) is 30.5. The Morgan fingerprint density at radius 2 is 1.77 bits per heavy atom. The van der Waals surface area contributed by atoms with Crippen molar-refractivity contribution in [1.82, 2.24) is 0 Å². The Kier molecular flexibility index (Phi) is 5.85. The minimum Gasteiger partial charge on any atom is -0.496 e. The van der Waals surface area contributed by atoms with Crippen molar-refractivity contribution in [2.24, 2.45) is 0 Å². The third-order valence-electron chi connectivity index (χ3n) is 6.27. The Balaban J connectivity index is 1.72. The summed E-state index contributed by atoms with van der Waals surface area (Å²) in [5, 5.41) is 40.8. The van der Waals surface area contributed by atoms with E-state index in [0.717, 1.165) is 24.0 Å². The van der Waals surface area contributed by atoms with Crippen LogP contribution < -0.4 is 4.74 Å². The van der Waals surface area contributed by atoms with E-state index in [9.17, 15) is 20.4 Å². The van der Waals surface area contributed by atoms with Gasteiger partial charge in [0.1, 0.15) is 30.2 Å². The molecule has 4 rings (SSSR count). The number of hydrogen-bond acceptors (Lipinski definition) is 7. The number of aliphatic hydroxyl groups is 4. The summed E-state index contributed by atoms with van der Waals surface area (Å²) in [7, 11) is 2.94. The number of hydrogen-bond donors (Lipinski definition) is 4. The molecule has 0 aromatic heterocycles. The van der Waals surface area contributed by atoms with E-state index in [-0.39, 0.29) is 0 Å². The van der Waals surface area contributed by atoms with Crippen LogP contribution in [-0.2, 0) is 34.5 Å². The monoisotopic (exact) mass is 416 g/mol. The zero-order valence-electron chi connectivity index (χ0n) is 17.1. The third-order valence-corrected chi connectivity index (χ3v) is 6.27. The summed E-state index contributed by atoms with van der Waals surface area (Å²) in [6.45, 7) is -0.534. The van der Waals surface area contributed by atoms with Gasteiger partial charge < -0.3 is 34.6 Å². The summed E-state index contributed by atoms with van der Waals surface area (Å²) in [6.07, 6.45) is -2.83. The van der Waals surface area contributed by atoms with Gasteiger partial charge in [0, 0.05) is 19.1 Å². The average molecular weight is 416 g/mol. The van der Waals surface area contributed by atoms with Gasteiger partial charge in [0.15, 0.2) is 0 Å². The van der Waals surface area contributed by atoms with Crippen molar-refractivity contribution in [3.8, 4) is 5.75 Å². The average Bonchev–Trinajstić information content (AvgIpc) is 2.75. The molecule has 1 heterocycles. The van der Waals surface area contributed by atoms with Crippen LogP contribution in [0.5, 0.6) is 5.75 Å². The van der Waals surface area contributed by atoms with E-state index in [2.05, 4.69) is 18.2 Å². The summed E-state index contributed by atoms with van der Waals surface area (Å²) >= 11 is 0. The predicted octanol–water partition coefficient (Wildman–Crippen LogP) is 0.658. The molecule has 0 amide bonds. The maximum Gasteiger partial charge on any atom is 0.224 e. The van der Waals surface area contributed by atoms with Crippen LogP contribution in [0.15, 0.2) is 36.4 Å². The highest BCUT2D eigenvalue weighted by molar-refractivity contribution is 5.45. The first kappa shape index (κ1) is 21.2. The van der Waals surface area contributed by atoms with Crippen molar-refractivity contribution in [2.45, 2.75) is 49.5 Å². The first-order chi connectivity index (χ1) is 14.4. The molecule has 1 saturated heterocycles. The molecule has 2 aromatic carbocycles. The topological polar surface area (TPSA) is 109 Å². The molecule has 1 aliphatic carbocycles. The first-order valence-electron chi connectivity index (χ1n) is 10.1. The van der Waals surface area contributed by atoms with Crippen LogP contribution in [0.3, 0.4) is 0 Å². The Bertz CT molecular complexity index is 912. The summed E-state index contributed by atoms with van der Waals surface area (Å²) in [6, 6.07) is 11.7. The lowest BCUT2D eigenvalue weighted by Gasteiger charge is -2.47. The van der Waals surface area contributed by atoms with E-state index in [4.69, 9.17) is 14.2 Å². The van der Waals surface area contributed by atoms with Gasteiger partial charge in [-0.2, -0.15) is 0 Å². The van der Waals surface area contributed by atoms with E-state index in [1.54, 1.807) is 19.2 Å². The lowest BCUT2D eigenvalue weighted by Crippen LogP contribution is -2.64. The van der Waals surface area contributed by atoms with E-state index in [1.165, 1.54) is 18.2 Å². The van der Waals surface area contributed by atoms with Gasteiger partial charge in [-0.1, -0.05) is 18.2 Å². The fraction of sp³-hybridized carbons (Fsp3) is 0.478. The molecule has 162 valence electrons. The summed E-state index contributed by atoms with van der Waals surface area (Å²) in [5.41, 5.74) is 5.22. The number of ether oxygens (including phenoxy) is 3. The number of methoxy groups -OCH3 is 2. The minimum atomic E-state index is -1.74. The molecule has 0 bridgehead atoms. The van der Waals surface area contributed by atoms with Gasteiger partial charge in [0.05, 0.1) is 13.7 Å². The number of fused-ring (bicyclic) bond motifs is 1. The molecule has 2 aromatic rings. The molecule has 4 N–H and O–H groups in total. The second-order valence-electron chi connectivity index (χ2n) is 7.94. The van der Waals surface area contributed by atoms with Crippen molar-refractivity contribution < 1.29 is 34.6 Å². The van der Waals surface area contributed by atoms with E-state index < -0.39 is 36.8 Å². The Hall–Kier alpha value is -2.00. The van der Waals surface area contributed by atoms with Crippen molar-refractivity contribution in [1.29, 1.82) is 0 Å². The Morgan fingerprint density at radius 1 is 1.00 bits per heavy atom. The van der Waals surface area contributed by atoms with Gasteiger partial charge >= 0.3 is 0 Å². The molecule has 0 spiro atoms. The van der Waals surface area contributed by atoms with E-state index in [1.807, 2.05) is 6.07 Å². The summed E-state index contributed by atoms with van der Waals surface area (Å²) < 4.78 is 16.9. The molecular formula is C23H28O7. The predicted molar refractivity (Wildman–Crippen MR) is 108 cm³/mol. The van der Waals surface area contributed by atoms with Gasteiger partial charge in [-0.15, -0.1) is 0 Å². The van der Waals surface area contributed by atoms with Gasteiger partial charge in [-0.3, -0.25) is 0 Å². The van der Waals surface area contributed by atoms with E-state index >= 15 is 0 Å². The van der Waals surface area contributed by atoms with Gasteiger partial charge in [0.25, 0.3) is 0 Å². The Morgan fingerprint density at radius 3 is 2.37 bits per heavy atom. The molecular weight excluding hydrogens is 388 g/mol. The molecule has 30 heavy (non-hydrogen) atoms. The third kappa shape index (κ3) is 3.41. The standard InChI is InChI=1S/C23H28O7/c1-28-18-8-7-17(11-16(18)10-13-3-4-14-5-6-15(14)9-13)23(29-2)22(27)21(26)20(25)19(12-24)30-23/h3-4,7-9,11,19-22,24-27H,5-6,10,12H2,1-2H3/t19-,20-,21+,22-,23?/m1/s1. The molecule has 0 radical (unpaired) electrons. The zero-order valence-corrected chi connectivity index (χ0v) is 17.1. The number of aliphatic hydroxyl groups excluding tert-OH is 4. The highest BCUT2D eigenvalue weighted by atomic mass is 16.7. The molecule has 1 aliphatic heterocycles. The van der Waals surface area contributed by atoms with Crippen LogP contribution in [0.2, 0.25) is 0 Å². The molecule has 0 saturated carbocycles. The lowest BCUT2D eigenvalue weighted by molar-refractivity contribution is -0.366. The molecule has 7 nitrogen and oxygen atoms in total. The smallest absolute Gasteiger partial charge is 0.224 e. The Labute approximate surface area is 175 Å². The molecule has 2 aliphatic rings.